The number of carbonyl (C=O) groups excluding carboxylic acids is 1. The number of para-hydroxylation sites is 1. The molecule has 1 atom stereocenters. The van der Waals surface area contributed by atoms with Gasteiger partial charge in [0.1, 0.15) is 5.78 Å². The molecule has 0 unspecified atom stereocenters. The number of thioether (sulfide) groups is 1. The van der Waals surface area contributed by atoms with Crippen LogP contribution < -0.4 is 5.32 Å². The average molecular weight is 373 g/mol. The molecule has 1 saturated carbocycles. The van der Waals surface area contributed by atoms with Gasteiger partial charge in [-0.15, -0.1) is 10.2 Å². The van der Waals surface area contributed by atoms with Gasteiger partial charge >= 0.3 is 6.18 Å². The minimum atomic E-state index is -4.44. The number of Topliss-reactive ketones (excluding diaryl/α,β-unsaturated/α-hetero) is 1. The monoisotopic (exact) mass is 373 g/mol. The van der Waals surface area contributed by atoms with Crippen LogP contribution in [0.3, 0.4) is 0 Å². The third kappa shape index (κ3) is 4.07. The lowest BCUT2D eigenvalue weighted by Crippen LogP contribution is -2.21. The Hall–Kier alpha value is -1.61. The van der Waals surface area contributed by atoms with Gasteiger partial charge in [0, 0.05) is 6.42 Å². The number of hydrogen-bond acceptors (Lipinski definition) is 6. The summed E-state index contributed by atoms with van der Waals surface area (Å²) in [5.41, 5.74) is -0.816. The van der Waals surface area contributed by atoms with Crippen molar-refractivity contribution >= 4 is 39.7 Å². The number of carbonyl (C=O) groups is 1. The second-order valence-electron chi connectivity index (χ2n) is 5.36. The van der Waals surface area contributed by atoms with Crippen molar-refractivity contribution in [2.45, 2.75) is 41.4 Å². The molecule has 1 fully saturated rings. The molecule has 0 aliphatic heterocycles. The minimum absolute atomic E-state index is 0.0635. The molecule has 1 aliphatic rings. The summed E-state index contributed by atoms with van der Waals surface area (Å²) in [5.74, 6) is 0.207. The number of hydrogen-bond donors (Lipinski definition) is 1. The number of alkyl halides is 3. The average Bonchev–Trinajstić information content (AvgIpc) is 2.96. The molecular weight excluding hydrogens is 359 g/mol. The zero-order valence-electron chi connectivity index (χ0n) is 12.5. The van der Waals surface area contributed by atoms with E-state index in [-0.39, 0.29) is 21.9 Å². The van der Waals surface area contributed by atoms with Crippen LogP contribution in [0.1, 0.15) is 31.2 Å². The van der Waals surface area contributed by atoms with Crippen LogP contribution in [0.15, 0.2) is 28.6 Å². The van der Waals surface area contributed by atoms with Gasteiger partial charge < -0.3 is 5.32 Å². The third-order valence-electron chi connectivity index (χ3n) is 3.62. The predicted octanol–water partition coefficient (Wildman–Crippen LogP) is 4.90. The Morgan fingerprint density at radius 1 is 1.21 bits per heavy atom. The number of aromatic nitrogens is 2. The second-order valence-corrected chi connectivity index (χ2v) is 7.79. The molecule has 1 N–H and O–H groups in total. The van der Waals surface area contributed by atoms with Gasteiger partial charge in [-0.05, 0) is 25.0 Å². The van der Waals surface area contributed by atoms with Crippen molar-refractivity contribution in [2.75, 3.05) is 5.32 Å². The lowest BCUT2D eigenvalue weighted by atomic mass is 9.99. The molecule has 1 heterocycles. The number of benzene rings is 1. The van der Waals surface area contributed by atoms with Crippen molar-refractivity contribution in [3.63, 3.8) is 0 Å². The normalized spacial score (nSPS) is 18.6. The fourth-order valence-corrected chi connectivity index (χ4v) is 4.59. The van der Waals surface area contributed by atoms with Crippen LogP contribution in [-0.2, 0) is 11.0 Å². The molecule has 4 nitrogen and oxygen atoms in total. The molecule has 9 heteroatoms. The molecule has 24 heavy (non-hydrogen) atoms. The number of nitrogens with zero attached hydrogens (tertiary/aromatic N) is 2. The Kier molecular flexibility index (Phi) is 5.09. The van der Waals surface area contributed by atoms with Gasteiger partial charge in [-0.2, -0.15) is 13.2 Å². The molecule has 0 bridgehead atoms. The molecule has 0 spiro atoms. The van der Waals surface area contributed by atoms with Crippen molar-refractivity contribution in [3.8, 4) is 0 Å². The van der Waals surface area contributed by atoms with Crippen molar-refractivity contribution < 1.29 is 18.0 Å². The Morgan fingerprint density at radius 2 is 2.00 bits per heavy atom. The van der Waals surface area contributed by atoms with Gasteiger partial charge in [-0.1, -0.05) is 41.7 Å². The molecule has 3 rings (SSSR count). The van der Waals surface area contributed by atoms with E-state index >= 15 is 0 Å². The van der Waals surface area contributed by atoms with Gasteiger partial charge in [-0.3, -0.25) is 4.79 Å². The highest BCUT2D eigenvalue weighted by Crippen LogP contribution is 2.38. The zero-order chi connectivity index (χ0) is 17.2. The number of ketones is 1. The van der Waals surface area contributed by atoms with Gasteiger partial charge in [0.25, 0.3) is 0 Å². The Bertz CT molecular complexity index is 733. The number of halogens is 3. The van der Waals surface area contributed by atoms with E-state index in [1.54, 1.807) is 0 Å². The summed E-state index contributed by atoms with van der Waals surface area (Å²) in [7, 11) is 0. The molecule has 128 valence electrons. The number of anilines is 2. The van der Waals surface area contributed by atoms with E-state index in [1.807, 2.05) is 0 Å². The highest BCUT2D eigenvalue weighted by atomic mass is 32.2. The molecular formula is C15H14F3N3OS2. The zero-order valence-corrected chi connectivity index (χ0v) is 14.1. The first-order chi connectivity index (χ1) is 11.4. The van der Waals surface area contributed by atoms with Crippen LogP contribution in [0.25, 0.3) is 0 Å². The van der Waals surface area contributed by atoms with E-state index in [0.717, 1.165) is 36.7 Å². The van der Waals surface area contributed by atoms with Gasteiger partial charge in [0.15, 0.2) is 4.34 Å². The van der Waals surface area contributed by atoms with Crippen LogP contribution in [0, 0.1) is 0 Å². The fraction of sp³-hybridized carbons (Fsp3) is 0.400. The maximum absolute atomic E-state index is 13.0. The molecule has 0 radical (unpaired) electrons. The van der Waals surface area contributed by atoms with E-state index in [1.165, 1.54) is 30.0 Å². The van der Waals surface area contributed by atoms with Gasteiger partial charge in [-0.25, -0.2) is 0 Å². The standard InChI is InChI=1S/C15H14F3N3OS2/c16-15(17,18)9-5-1-2-6-10(9)19-13-20-21-14(24-13)23-12-8-4-3-7-11(12)22/h1-2,5-6,12H,3-4,7-8H2,(H,19,20)/t12-/m1/s1. The van der Waals surface area contributed by atoms with Crippen molar-refractivity contribution in [1.82, 2.24) is 10.2 Å². The summed E-state index contributed by atoms with van der Waals surface area (Å²) in [6, 6.07) is 5.22. The summed E-state index contributed by atoms with van der Waals surface area (Å²) in [4.78, 5) is 11.8. The number of nitrogens with one attached hydrogen (secondary N) is 1. The molecule has 1 aromatic carbocycles. The van der Waals surface area contributed by atoms with Crippen LogP contribution in [0.2, 0.25) is 0 Å². The summed E-state index contributed by atoms with van der Waals surface area (Å²) >= 11 is 2.50. The predicted molar refractivity (Wildman–Crippen MR) is 87.8 cm³/mol. The third-order valence-corrected chi connectivity index (χ3v) is 5.86. The first-order valence-corrected chi connectivity index (χ1v) is 9.09. The van der Waals surface area contributed by atoms with Crippen LogP contribution >= 0.6 is 23.1 Å². The van der Waals surface area contributed by atoms with Crippen LogP contribution in [-0.4, -0.2) is 21.2 Å². The summed E-state index contributed by atoms with van der Waals surface area (Å²) in [6.07, 6.45) is -1.12. The minimum Gasteiger partial charge on any atom is -0.330 e. The van der Waals surface area contributed by atoms with Crippen LogP contribution in [0.4, 0.5) is 24.0 Å². The lowest BCUT2D eigenvalue weighted by molar-refractivity contribution is -0.137. The van der Waals surface area contributed by atoms with E-state index < -0.39 is 11.7 Å². The van der Waals surface area contributed by atoms with E-state index in [0.29, 0.717) is 10.8 Å². The van der Waals surface area contributed by atoms with Crippen molar-refractivity contribution in [3.05, 3.63) is 29.8 Å². The first kappa shape index (κ1) is 17.2. The SMILES string of the molecule is O=C1CCCC[C@H]1Sc1nnc(Nc2ccccc2C(F)(F)F)s1. The first-order valence-electron chi connectivity index (χ1n) is 7.39. The quantitative estimate of drug-likeness (QED) is 0.826. The molecule has 1 aliphatic carbocycles. The van der Waals surface area contributed by atoms with Gasteiger partial charge in [0.2, 0.25) is 5.13 Å². The highest BCUT2D eigenvalue weighted by molar-refractivity contribution is 8.02. The second kappa shape index (κ2) is 7.10. The maximum Gasteiger partial charge on any atom is 0.418 e. The van der Waals surface area contributed by atoms with Crippen molar-refractivity contribution in [1.29, 1.82) is 0 Å². The highest BCUT2D eigenvalue weighted by Gasteiger charge is 2.33. The lowest BCUT2D eigenvalue weighted by Gasteiger charge is -2.18. The Balaban J connectivity index is 1.72. The van der Waals surface area contributed by atoms with Crippen LogP contribution in [0.5, 0.6) is 0 Å². The Labute approximate surface area is 144 Å². The van der Waals surface area contributed by atoms with Crippen molar-refractivity contribution in [2.24, 2.45) is 0 Å². The molecule has 1 aromatic heterocycles. The summed E-state index contributed by atoms with van der Waals surface area (Å²) in [5, 5.41) is 10.7. The summed E-state index contributed by atoms with van der Waals surface area (Å²) < 4.78 is 39.6. The maximum atomic E-state index is 13.0. The van der Waals surface area contributed by atoms with Gasteiger partial charge in [0.05, 0.1) is 16.5 Å². The largest absolute Gasteiger partial charge is 0.418 e. The van der Waals surface area contributed by atoms with E-state index in [4.69, 9.17) is 0 Å². The Morgan fingerprint density at radius 3 is 2.75 bits per heavy atom. The van der Waals surface area contributed by atoms with E-state index in [9.17, 15) is 18.0 Å². The topological polar surface area (TPSA) is 54.9 Å². The molecule has 2 aromatic rings. The van der Waals surface area contributed by atoms with E-state index in [2.05, 4.69) is 15.5 Å². The summed E-state index contributed by atoms with van der Waals surface area (Å²) in [6.45, 7) is 0. The number of rotatable bonds is 4. The molecule has 0 saturated heterocycles. The smallest absolute Gasteiger partial charge is 0.330 e. The fourth-order valence-electron chi connectivity index (χ4n) is 2.46. The molecule has 0 amide bonds.